The molecule has 0 saturated carbocycles. The molecular formula is C22H22N6O2. The number of nitrogens with zero attached hydrogens (tertiary/aromatic N) is 4. The summed E-state index contributed by atoms with van der Waals surface area (Å²) in [7, 11) is 0. The summed E-state index contributed by atoms with van der Waals surface area (Å²) < 4.78 is 5.41. The summed E-state index contributed by atoms with van der Waals surface area (Å²) in [6.45, 7) is 1.29. The van der Waals surface area contributed by atoms with Crippen LogP contribution in [0.4, 0.5) is 11.4 Å². The minimum absolute atomic E-state index is 0.0254. The van der Waals surface area contributed by atoms with E-state index in [0.29, 0.717) is 43.4 Å². The molecule has 3 N–H and O–H groups in total. The van der Waals surface area contributed by atoms with Crippen LogP contribution in [0.25, 0.3) is 0 Å². The number of pyridine rings is 1. The molecule has 8 heteroatoms. The Morgan fingerprint density at radius 1 is 1.20 bits per heavy atom. The molecule has 1 fully saturated rings. The van der Waals surface area contributed by atoms with Crippen molar-refractivity contribution in [3.63, 3.8) is 0 Å². The number of hydrogen-bond donors (Lipinski definition) is 2. The average Bonchev–Trinajstić information content (AvgIpc) is 2.75. The first-order valence-electron chi connectivity index (χ1n) is 10.1. The van der Waals surface area contributed by atoms with E-state index < -0.39 is 5.54 Å². The first-order chi connectivity index (χ1) is 14.6. The summed E-state index contributed by atoms with van der Waals surface area (Å²) in [6.07, 6.45) is 4.11. The molecule has 1 spiro atoms. The maximum Gasteiger partial charge on any atom is 0.232 e. The summed E-state index contributed by atoms with van der Waals surface area (Å²) in [4.78, 5) is 23.6. The highest BCUT2D eigenvalue weighted by Crippen LogP contribution is 2.50. The normalized spacial score (nSPS) is 23.4. The lowest BCUT2D eigenvalue weighted by Gasteiger charge is -2.47. The molecule has 2 aromatic rings. The van der Waals surface area contributed by atoms with Crippen LogP contribution in [0.3, 0.4) is 0 Å². The van der Waals surface area contributed by atoms with E-state index in [4.69, 9.17) is 15.5 Å². The van der Waals surface area contributed by atoms with E-state index in [1.807, 2.05) is 24.3 Å². The average molecular weight is 402 g/mol. The summed E-state index contributed by atoms with van der Waals surface area (Å²) in [5, 5.41) is 12.6. The van der Waals surface area contributed by atoms with Gasteiger partial charge in [-0.05, 0) is 42.2 Å². The number of aliphatic imine (C=N–C) groups is 1. The Bertz CT molecular complexity index is 1090. The molecule has 3 heterocycles. The largest absolute Gasteiger partial charge is 0.381 e. The summed E-state index contributed by atoms with van der Waals surface area (Å²) >= 11 is 0. The lowest BCUT2D eigenvalue weighted by atomic mass is 9.67. The van der Waals surface area contributed by atoms with Crippen molar-refractivity contribution in [3.05, 3.63) is 53.3 Å². The van der Waals surface area contributed by atoms with Crippen LogP contribution in [0, 0.1) is 11.3 Å². The van der Waals surface area contributed by atoms with Gasteiger partial charge in [0, 0.05) is 37.6 Å². The highest BCUT2D eigenvalue weighted by atomic mass is 16.5. The molecule has 152 valence electrons. The topological polar surface area (TPSA) is 117 Å². The third-order valence-corrected chi connectivity index (χ3v) is 6.17. The van der Waals surface area contributed by atoms with Crippen molar-refractivity contribution in [2.24, 2.45) is 10.7 Å². The van der Waals surface area contributed by atoms with Gasteiger partial charge in [-0.1, -0.05) is 12.1 Å². The monoisotopic (exact) mass is 402 g/mol. The van der Waals surface area contributed by atoms with Crippen LogP contribution in [-0.4, -0.2) is 41.0 Å². The van der Waals surface area contributed by atoms with Crippen LogP contribution in [0.15, 0.2) is 41.5 Å². The van der Waals surface area contributed by atoms with Crippen LogP contribution in [0.5, 0.6) is 0 Å². The summed E-state index contributed by atoms with van der Waals surface area (Å²) in [5.74, 6) is 0.332. The number of carbonyl (C=O) groups excluding carboxylic acids is 1. The van der Waals surface area contributed by atoms with Gasteiger partial charge in [0.25, 0.3) is 0 Å². The Hall–Kier alpha value is -3.44. The van der Waals surface area contributed by atoms with E-state index in [2.05, 4.69) is 16.4 Å². The maximum atomic E-state index is 13.0. The van der Waals surface area contributed by atoms with Gasteiger partial charge in [-0.3, -0.25) is 9.69 Å². The van der Waals surface area contributed by atoms with E-state index >= 15 is 0 Å². The fourth-order valence-electron chi connectivity index (χ4n) is 4.72. The number of hydrogen-bond acceptors (Lipinski definition) is 7. The Kier molecular flexibility index (Phi) is 4.40. The number of nitrogens with one attached hydrogen (secondary N) is 1. The molecule has 3 aliphatic rings. The number of nitrogens with two attached hydrogens (primary N) is 1. The number of ether oxygens (including phenoxy) is 1. The van der Waals surface area contributed by atoms with E-state index in [1.54, 1.807) is 17.2 Å². The minimum Gasteiger partial charge on any atom is -0.381 e. The highest BCUT2D eigenvalue weighted by molar-refractivity contribution is 6.00. The van der Waals surface area contributed by atoms with Crippen molar-refractivity contribution in [2.75, 3.05) is 18.5 Å². The van der Waals surface area contributed by atoms with Crippen molar-refractivity contribution in [1.29, 1.82) is 5.26 Å². The molecule has 5 rings (SSSR count). The second-order valence-corrected chi connectivity index (χ2v) is 7.93. The lowest BCUT2D eigenvalue weighted by Crippen LogP contribution is -2.58. The Labute approximate surface area is 174 Å². The lowest BCUT2D eigenvalue weighted by molar-refractivity contribution is -0.133. The predicted octanol–water partition coefficient (Wildman–Crippen LogP) is 2.17. The molecule has 0 bridgehead atoms. The first-order valence-corrected chi connectivity index (χ1v) is 10.1. The maximum absolute atomic E-state index is 13.0. The molecule has 1 aliphatic carbocycles. The van der Waals surface area contributed by atoms with Crippen LogP contribution in [0.1, 0.15) is 36.1 Å². The van der Waals surface area contributed by atoms with Gasteiger partial charge in [-0.15, -0.1) is 0 Å². The Morgan fingerprint density at radius 2 is 2.00 bits per heavy atom. The molecule has 1 amide bonds. The van der Waals surface area contributed by atoms with Crippen molar-refractivity contribution >= 4 is 23.2 Å². The zero-order valence-corrected chi connectivity index (χ0v) is 16.5. The van der Waals surface area contributed by atoms with Crippen molar-refractivity contribution < 1.29 is 9.53 Å². The van der Waals surface area contributed by atoms with Gasteiger partial charge in [-0.25, -0.2) is 9.98 Å². The summed E-state index contributed by atoms with van der Waals surface area (Å²) in [6, 6.07) is 11.7. The van der Waals surface area contributed by atoms with Crippen LogP contribution >= 0.6 is 0 Å². The Balaban J connectivity index is 1.44. The second kappa shape index (κ2) is 7.11. The molecule has 2 aliphatic heterocycles. The smallest absolute Gasteiger partial charge is 0.232 e. The van der Waals surface area contributed by atoms with Gasteiger partial charge >= 0.3 is 0 Å². The standard InChI is InChI=1S/C22H22N6O2/c23-13-19-18(5-2-8-25-19)26-17-4-1-3-16-15(17)11-22(16)12-20(29)28(21(24)27-22)14-6-9-30-10-7-14/h1-5,8,14,26H,6-7,9-12H2,(H2,24,27)/t22-/m0/s1. The van der Waals surface area contributed by atoms with Gasteiger partial charge < -0.3 is 15.8 Å². The number of rotatable bonds is 3. The van der Waals surface area contributed by atoms with Gasteiger partial charge in [0.05, 0.1) is 12.1 Å². The zero-order valence-electron chi connectivity index (χ0n) is 16.5. The molecule has 1 saturated heterocycles. The third kappa shape index (κ3) is 2.90. The fourth-order valence-corrected chi connectivity index (χ4v) is 4.72. The molecule has 1 aromatic carbocycles. The SMILES string of the molecule is N#Cc1ncccc1Nc1cccc2c1C[C@]21CC(=O)N(C2CCOCC2)C(N)=N1. The van der Waals surface area contributed by atoms with Gasteiger partial charge in [-0.2, -0.15) is 5.26 Å². The number of amides is 1. The highest BCUT2D eigenvalue weighted by Gasteiger charge is 2.50. The fraction of sp³-hybridized carbons (Fsp3) is 0.364. The predicted molar refractivity (Wildman–Crippen MR) is 111 cm³/mol. The van der Waals surface area contributed by atoms with Crippen molar-refractivity contribution in [2.45, 2.75) is 37.3 Å². The van der Waals surface area contributed by atoms with E-state index in [9.17, 15) is 10.1 Å². The zero-order chi connectivity index (χ0) is 20.7. The van der Waals surface area contributed by atoms with Crippen molar-refractivity contribution in [1.82, 2.24) is 9.88 Å². The molecule has 1 atom stereocenters. The first kappa shape index (κ1) is 18.6. The number of benzene rings is 1. The molecule has 1 aromatic heterocycles. The van der Waals surface area contributed by atoms with Gasteiger partial charge in [0.2, 0.25) is 5.91 Å². The minimum atomic E-state index is -0.594. The number of guanidine groups is 1. The second-order valence-electron chi connectivity index (χ2n) is 7.93. The molecule has 0 radical (unpaired) electrons. The third-order valence-electron chi connectivity index (χ3n) is 6.17. The van der Waals surface area contributed by atoms with Crippen molar-refractivity contribution in [3.8, 4) is 6.07 Å². The quantitative estimate of drug-likeness (QED) is 0.813. The Morgan fingerprint density at radius 3 is 2.77 bits per heavy atom. The molecular weight excluding hydrogens is 380 g/mol. The van der Waals surface area contributed by atoms with Crippen LogP contribution in [0.2, 0.25) is 0 Å². The van der Waals surface area contributed by atoms with Gasteiger partial charge in [0.1, 0.15) is 11.6 Å². The summed E-state index contributed by atoms with van der Waals surface area (Å²) in [5.41, 5.74) is 9.70. The number of anilines is 2. The number of fused-ring (bicyclic) bond motifs is 2. The van der Waals surface area contributed by atoms with E-state index in [-0.39, 0.29) is 11.9 Å². The van der Waals surface area contributed by atoms with Gasteiger partial charge in [0.15, 0.2) is 11.7 Å². The number of aromatic nitrogens is 1. The number of carbonyl (C=O) groups is 1. The molecule has 30 heavy (non-hydrogen) atoms. The molecule has 0 unspecified atom stereocenters. The number of nitriles is 1. The molecule has 8 nitrogen and oxygen atoms in total. The van der Waals surface area contributed by atoms with Crippen LogP contribution in [-0.2, 0) is 21.5 Å². The van der Waals surface area contributed by atoms with E-state index in [0.717, 1.165) is 29.7 Å². The van der Waals surface area contributed by atoms with E-state index in [1.165, 1.54) is 0 Å². The van der Waals surface area contributed by atoms with Crippen LogP contribution < -0.4 is 11.1 Å².